The summed E-state index contributed by atoms with van der Waals surface area (Å²) in [6.45, 7) is 1.00. The van der Waals surface area contributed by atoms with Gasteiger partial charge < -0.3 is 10.5 Å². The summed E-state index contributed by atoms with van der Waals surface area (Å²) in [6.07, 6.45) is 1.28. The SMILES string of the molecule is CCC1CCC(C(N)COCC(F)(F)F)CC1. The maximum Gasteiger partial charge on any atom is 0.411 e. The van der Waals surface area contributed by atoms with Gasteiger partial charge in [-0.15, -0.1) is 0 Å². The lowest BCUT2D eigenvalue weighted by atomic mass is 9.78. The molecule has 0 heterocycles. The summed E-state index contributed by atoms with van der Waals surface area (Å²) in [5.74, 6) is 1.10. The quantitative estimate of drug-likeness (QED) is 0.817. The van der Waals surface area contributed by atoms with Crippen LogP contribution in [0.15, 0.2) is 0 Å². The molecule has 102 valence electrons. The van der Waals surface area contributed by atoms with E-state index >= 15 is 0 Å². The van der Waals surface area contributed by atoms with Crippen molar-refractivity contribution in [1.82, 2.24) is 0 Å². The Balaban J connectivity index is 2.18. The minimum absolute atomic E-state index is 0.0148. The first-order chi connectivity index (χ1) is 7.92. The first-order valence-electron chi connectivity index (χ1n) is 6.32. The topological polar surface area (TPSA) is 35.2 Å². The van der Waals surface area contributed by atoms with Crippen LogP contribution in [0.3, 0.4) is 0 Å². The molecule has 0 aliphatic heterocycles. The van der Waals surface area contributed by atoms with Crippen LogP contribution in [0.2, 0.25) is 0 Å². The Labute approximate surface area is 101 Å². The zero-order valence-corrected chi connectivity index (χ0v) is 10.3. The first kappa shape index (κ1) is 14.8. The smallest absolute Gasteiger partial charge is 0.370 e. The average molecular weight is 253 g/mol. The maximum atomic E-state index is 11.9. The maximum absolute atomic E-state index is 11.9. The highest BCUT2D eigenvalue weighted by Gasteiger charge is 2.29. The van der Waals surface area contributed by atoms with Gasteiger partial charge >= 0.3 is 6.18 Å². The minimum atomic E-state index is -4.25. The third kappa shape index (κ3) is 5.73. The van der Waals surface area contributed by atoms with Crippen LogP contribution in [0.25, 0.3) is 0 Å². The predicted octanol–water partition coefficient (Wildman–Crippen LogP) is 3.11. The fourth-order valence-electron chi connectivity index (χ4n) is 2.47. The molecule has 1 unspecified atom stereocenters. The van der Waals surface area contributed by atoms with Gasteiger partial charge in [0.05, 0.1) is 6.61 Å². The molecule has 0 aromatic rings. The lowest BCUT2D eigenvalue weighted by Gasteiger charge is -2.31. The van der Waals surface area contributed by atoms with Crippen molar-refractivity contribution in [3.8, 4) is 0 Å². The molecule has 1 fully saturated rings. The molecule has 1 rings (SSSR count). The lowest BCUT2D eigenvalue weighted by molar-refractivity contribution is -0.175. The van der Waals surface area contributed by atoms with E-state index < -0.39 is 12.8 Å². The fraction of sp³-hybridized carbons (Fsp3) is 1.00. The second-order valence-corrected chi connectivity index (χ2v) is 4.98. The van der Waals surface area contributed by atoms with Crippen LogP contribution in [0, 0.1) is 11.8 Å². The molecule has 17 heavy (non-hydrogen) atoms. The van der Waals surface area contributed by atoms with Crippen molar-refractivity contribution in [3.05, 3.63) is 0 Å². The molecule has 0 amide bonds. The average Bonchev–Trinajstić information content (AvgIpc) is 2.27. The molecular formula is C12H22F3NO. The van der Waals surface area contributed by atoms with Gasteiger partial charge in [0.2, 0.25) is 0 Å². The number of nitrogens with two attached hydrogens (primary N) is 1. The molecule has 0 saturated heterocycles. The highest BCUT2D eigenvalue weighted by Crippen LogP contribution is 2.32. The number of hydrogen-bond acceptors (Lipinski definition) is 2. The van der Waals surface area contributed by atoms with E-state index in [0.29, 0.717) is 5.92 Å². The standard InChI is InChI=1S/C12H22F3NO/c1-2-9-3-5-10(6-4-9)11(16)7-17-8-12(13,14)15/h9-11H,2-8,16H2,1H3. The van der Waals surface area contributed by atoms with Crippen molar-refractivity contribution in [1.29, 1.82) is 0 Å². The van der Waals surface area contributed by atoms with E-state index in [1.807, 2.05) is 0 Å². The third-order valence-electron chi connectivity index (χ3n) is 3.65. The largest absolute Gasteiger partial charge is 0.411 e. The molecule has 0 spiro atoms. The van der Waals surface area contributed by atoms with Crippen molar-refractivity contribution >= 4 is 0 Å². The Morgan fingerprint density at radius 3 is 2.29 bits per heavy atom. The van der Waals surface area contributed by atoms with Crippen LogP contribution in [0.1, 0.15) is 39.0 Å². The molecule has 2 nitrogen and oxygen atoms in total. The van der Waals surface area contributed by atoms with Gasteiger partial charge in [0.1, 0.15) is 6.61 Å². The van der Waals surface area contributed by atoms with E-state index in [-0.39, 0.29) is 12.6 Å². The Bertz CT molecular complexity index is 212. The van der Waals surface area contributed by atoms with Gasteiger partial charge in [-0.25, -0.2) is 0 Å². The zero-order valence-electron chi connectivity index (χ0n) is 10.3. The molecule has 0 aromatic carbocycles. The van der Waals surface area contributed by atoms with E-state index in [0.717, 1.165) is 31.6 Å². The summed E-state index contributed by atoms with van der Waals surface area (Å²) in [7, 11) is 0. The molecule has 0 radical (unpaired) electrons. The zero-order chi connectivity index (χ0) is 12.9. The highest BCUT2D eigenvalue weighted by molar-refractivity contribution is 4.79. The van der Waals surface area contributed by atoms with Crippen LogP contribution in [-0.4, -0.2) is 25.4 Å². The molecule has 0 aromatic heterocycles. The summed E-state index contributed by atoms with van der Waals surface area (Å²) in [6, 6.07) is -0.254. The van der Waals surface area contributed by atoms with E-state index in [1.54, 1.807) is 0 Å². The summed E-state index contributed by atoms with van der Waals surface area (Å²) in [5.41, 5.74) is 5.87. The van der Waals surface area contributed by atoms with E-state index in [4.69, 9.17) is 5.73 Å². The van der Waals surface area contributed by atoms with E-state index in [2.05, 4.69) is 11.7 Å². The van der Waals surface area contributed by atoms with Crippen LogP contribution in [-0.2, 0) is 4.74 Å². The summed E-state index contributed by atoms with van der Waals surface area (Å²) in [4.78, 5) is 0. The van der Waals surface area contributed by atoms with Gasteiger partial charge in [0.15, 0.2) is 0 Å². The molecule has 5 heteroatoms. The Morgan fingerprint density at radius 1 is 1.24 bits per heavy atom. The molecule has 1 saturated carbocycles. The van der Waals surface area contributed by atoms with Crippen LogP contribution in [0.4, 0.5) is 13.2 Å². The predicted molar refractivity (Wildman–Crippen MR) is 60.6 cm³/mol. The van der Waals surface area contributed by atoms with E-state index in [9.17, 15) is 13.2 Å². The van der Waals surface area contributed by atoms with E-state index in [1.165, 1.54) is 6.42 Å². The molecule has 0 bridgehead atoms. The minimum Gasteiger partial charge on any atom is -0.370 e. The number of halogens is 3. The molecule has 2 N–H and O–H groups in total. The van der Waals surface area contributed by atoms with Gasteiger partial charge in [-0.05, 0) is 24.7 Å². The summed E-state index contributed by atoms with van der Waals surface area (Å²) in [5, 5.41) is 0. The first-order valence-corrected chi connectivity index (χ1v) is 6.32. The van der Waals surface area contributed by atoms with Crippen molar-refractivity contribution in [2.45, 2.75) is 51.2 Å². The molecule has 1 aliphatic rings. The second kappa shape index (κ2) is 6.59. The highest BCUT2D eigenvalue weighted by atomic mass is 19.4. The van der Waals surface area contributed by atoms with Gasteiger partial charge in [-0.1, -0.05) is 26.2 Å². The van der Waals surface area contributed by atoms with Crippen molar-refractivity contribution in [2.75, 3.05) is 13.2 Å². The number of hydrogen-bond donors (Lipinski definition) is 1. The molecule has 1 aliphatic carbocycles. The Morgan fingerprint density at radius 2 is 1.82 bits per heavy atom. The lowest BCUT2D eigenvalue weighted by Crippen LogP contribution is -2.38. The summed E-state index contributed by atoms with van der Waals surface area (Å²) < 4.78 is 40.3. The van der Waals surface area contributed by atoms with Crippen LogP contribution in [0.5, 0.6) is 0 Å². The molecular weight excluding hydrogens is 231 g/mol. The van der Waals surface area contributed by atoms with Crippen molar-refractivity contribution in [2.24, 2.45) is 17.6 Å². The Hall–Kier alpha value is -0.290. The van der Waals surface area contributed by atoms with Gasteiger partial charge in [-0.3, -0.25) is 0 Å². The fourth-order valence-corrected chi connectivity index (χ4v) is 2.47. The van der Waals surface area contributed by atoms with Crippen LogP contribution >= 0.6 is 0 Å². The normalized spacial score (nSPS) is 28.1. The van der Waals surface area contributed by atoms with Crippen molar-refractivity contribution < 1.29 is 17.9 Å². The third-order valence-corrected chi connectivity index (χ3v) is 3.65. The number of alkyl halides is 3. The van der Waals surface area contributed by atoms with Gasteiger partial charge in [-0.2, -0.15) is 13.2 Å². The van der Waals surface area contributed by atoms with Crippen LogP contribution < -0.4 is 5.73 Å². The van der Waals surface area contributed by atoms with Gasteiger partial charge in [0, 0.05) is 6.04 Å². The monoisotopic (exact) mass is 253 g/mol. The van der Waals surface area contributed by atoms with Gasteiger partial charge in [0.25, 0.3) is 0 Å². The van der Waals surface area contributed by atoms with Crippen molar-refractivity contribution in [3.63, 3.8) is 0 Å². The molecule has 1 atom stereocenters. The Kier molecular flexibility index (Phi) is 5.73. The second-order valence-electron chi connectivity index (χ2n) is 4.98. The number of ether oxygens (including phenoxy) is 1. The number of rotatable bonds is 5. The summed E-state index contributed by atoms with van der Waals surface area (Å²) >= 11 is 0.